The number of methoxy groups -OCH3 is 2. The zero-order valence-electron chi connectivity index (χ0n) is 15.3. The van der Waals surface area contributed by atoms with Crippen LogP contribution in [0.3, 0.4) is 0 Å². The molecule has 3 aliphatic heterocycles. The highest BCUT2D eigenvalue weighted by atomic mass is 16.5. The Balaban J connectivity index is 1.60. The molecule has 0 aromatic heterocycles. The number of ether oxygens (including phenoxy) is 2. The first-order chi connectivity index (χ1) is 12.6. The van der Waals surface area contributed by atoms with E-state index in [0.717, 1.165) is 37.4 Å². The predicted octanol–water partition coefficient (Wildman–Crippen LogP) is 3.09. The number of amides is 1. The number of nitrogens with zero attached hydrogens (tertiary/aromatic N) is 2. The second-order valence-corrected chi connectivity index (χ2v) is 8.55. The summed E-state index contributed by atoms with van der Waals surface area (Å²) in [5.41, 5.74) is 2.43. The average Bonchev–Trinajstić information content (AvgIpc) is 2.96. The van der Waals surface area contributed by atoms with Gasteiger partial charge < -0.3 is 9.47 Å². The third kappa shape index (κ3) is 1.34. The summed E-state index contributed by atoms with van der Waals surface area (Å²) in [6, 6.07) is 6.20. The maximum atomic E-state index is 12.9. The summed E-state index contributed by atoms with van der Waals surface area (Å²) in [7, 11) is 3.21. The van der Waals surface area contributed by atoms with Crippen molar-refractivity contribution in [2.24, 2.45) is 5.92 Å². The lowest BCUT2D eigenvalue weighted by atomic mass is 9.72. The molecule has 1 saturated heterocycles. The largest absolute Gasteiger partial charge is 0.497 e. The highest BCUT2D eigenvalue weighted by molar-refractivity contribution is 5.97. The molecule has 136 valence electrons. The Kier molecular flexibility index (Phi) is 2.58. The predicted molar refractivity (Wildman–Crippen MR) is 97.7 cm³/mol. The Hall–Kier alpha value is -2.01. The van der Waals surface area contributed by atoms with Gasteiger partial charge in [-0.1, -0.05) is 12.2 Å². The minimum Gasteiger partial charge on any atom is -0.497 e. The van der Waals surface area contributed by atoms with Crippen LogP contribution in [-0.2, 0) is 10.2 Å². The molecule has 0 N–H and O–H groups in total. The fourth-order valence-corrected chi connectivity index (χ4v) is 7.26. The zero-order chi connectivity index (χ0) is 17.7. The van der Waals surface area contributed by atoms with E-state index in [-0.39, 0.29) is 22.6 Å². The highest BCUT2D eigenvalue weighted by Crippen LogP contribution is 2.81. The maximum absolute atomic E-state index is 12.9. The van der Waals surface area contributed by atoms with Crippen molar-refractivity contribution >= 4 is 11.8 Å². The lowest BCUT2D eigenvalue weighted by Crippen LogP contribution is -2.49. The van der Waals surface area contributed by atoms with E-state index < -0.39 is 0 Å². The first kappa shape index (κ1) is 15.1. The summed E-state index contributed by atoms with van der Waals surface area (Å²) < 4.78 is 10.8. The first-order valence-corrected chi connectivity index (χ1v) is 9.62. The number of hydrogen-bond donors (Lipinski definition) is 0. The molecular weight excluding hydrogens is 328 g/mol. The molecular formula is C21H24N2O3. The van der Waals surface area contributed by atoms with Crippen molar-refractivity contribution in [3.63, 3.8) is 0 Å². The van der Waals surface area contributed by atoms with Crippen LogP contribution in [0, 0.1) is 5.92 Å². The van der Waals surface area contributed by atoms with Crippen LogP contribution in [0.2, 0.25) is 0 Å². The SMILES string of the molecule is COC(=O)N1c2ccc(OC)cc2C23CC45C=CCN4CCC12C3CC5. The molecule has 3 fully saturated rings. The minimum absolute atomic E-state index is 0.0484. The van der Waals surface area contributed by atoms with Crippen LogP contribution in [0.25, 0.3) is 0 Å². The fraction of sp³-hybridized carbons (Fsp3) is 0.571. The van der Waals surface area contributed by atoms with Crippen LogP contribution in [0.4, 0.5) is 10.5 Å². The van der Waals surface area contributed by atoms with Crippen LogP contribution in [0.15, 0.2) is 30.4 Å². The van der Waals surface area contributed by atoms with Crippen molar-refractivity contribution in [1.82, 2.24) is 4.90 Å². The van der Waals surface area contributed by atoms with Gasteiger partial charge in [0.25, 0.3) is 0 Å². The lowest BCUT2D eigenvalue weighted by molar-refractivity contribution is 0.107. The molecule has 1 aromatic carbocycles. The molecule has 2 aliphatic carbocycles. The van der Waals surface area contributed by atoms with Crippen molar-refractivity contribution in [2.45, 2.75) is 42.2 Å². The Morgan fingerprint density at radius 1 is 1.27 bits per heavy atom. The topological polar surface area (TPSA) is 42.0 Å². The Morgan fingerprint density at radius 2 is 2.15 bits per heavy atom. The molecule has 0 radical (unpaired) electrons. The molecule has 5 aliphatic rings. The van der Waals surface area contributed by atoms with E-state index in [1.165, 1.54) is 25.5 Å². The van der Waals surface area contributed by atoms with E-state index in [4.69, 9.17) is 9.47 Å². The number of anilines is 1. The summed E-state index contributed by atoms with van der Waals surface area (Å²) in [4.78, 5) is 17.5. The molecule has 3 heterocycles. The summed E-state index contributed by atoms with van der Waals surface area (Å²) >= 11 is 0. The van der Waals surface area contributed by atoms with Gasteiger partial charge in [0.05, 0.1) is 25.4 Å². The van der Waals surface area contributed by atoms with E-state index in [1.807, 2.05) is 11.0 Å². The molecule has 5 nitrogen and oxygen atoms in total. The van der Waals surface area contributed by atoms with Crippen LogP contribution in [0.5, 0.6) is 5.75 Å². The van der Waals surface area contributed by atoms with Crippen LogP contribution in [-0.4, -0.2) is 49.4 Å². The van der Waals surface area contributed by atoms with Gasteiger partial charge in [0.2, 0.25) is 0 Å². The van der Waals surface area contributed by atoms with Gasteiger partial charge in [0.15, 0.2) is 0 Å². The number of rotatable bonds is 1. The summed E-state index contributed by atoms with van der Waals surface area (Å²) in [6.45, 7) is 2.09. The van der Waals surface area contributed by atoms with Gasteiger partial charge in [0.1, 0.15) is 5.75 Å². The number of carbonyl (C=O) groups excluding carboxylic acids is 1. The number of benzene rings is 1. The second kappa shape index (κ2) is 4.45. The van der Waals surface area contributed by atoms with E-state index in [2.05, 4.69) is 29.2 Å². The zero-order valence-corrected chi connectivity index (χ0v) is 15.3. The average molecular weight is 352 g/mol. The smallest absolute Gasteiger partial charge is 0.414 e. The molecule has 2 saturated carbocycles. The van der Waals surface area contributed by atoms with E-state index in [0.29, 0.717) is 5.92 Å². The number of fused-ring (bicyclic) bond motifs is 1. The summed E-state index contributed by atoms with van der Waals surface area (Å²) in [6.07, 6.45) is 9.08. The van der Waals surface area contributed by atoms with E-state index in [9.17, 15) is 4.79 Å². The first-order valence-electron chi connectivity index (χ1n) is 9.62. The van der Waals surface area contributed by atoms with Crippen molar-refractivity contribution in [1.29, 1.82) is 0 Å². The van der Waals surface area contributed by atoms with Crippen molar-refractivity contribution in [2.75, 3.05) is 32.2 Å². The molecule has 4 unspecified atom stereocenters. The van der Waals surface area contributed by atoms with Crippen molar-refractivity contribution in [3.8, 4) is 5.75 Å². The van der Waals surface area contributed by atoms with Gasteiger partial charge in [0, 0.05) is 24.0 Å². The quantitative estimate of drug-likeness (QED) is 0.729. The normalized spacial score (nSPS) is 41.2. The van der Waals surface area contributed by atoms with Gasteiger partial charge in [-0.3, -0.25) is 9.80 Å². The standard InChI is InChI=1S/C21H24N2O3/c1-25-14-4-5-16-15(12-14)20-13-19-7-3-10-22(19)11-9-21(20,17(20)6-8-19)23(16)18(24)26-2/h3-5,7,12,17H,6,8-11,13H2,1-2H3. The third-order valence-corrected chi connectivity index (χ3v) is 8.14. The molecule has 6 rings (SSSR count). The summed E-state index contributed by atoms with van der Waals surface area (Å²) in [5.74, 6) is 1.41. The van der Waals surface area contributed by atoms with Gasteiger partial charge in [-0.15, -0.1) is 0 Å². The molecule has 2 spiro atoms. The second-order valence-electron chi connectivity index (χ2n) is 8.55. The van der Waals surface area contributed by atoms with Gasteiger partial charge in [-0.2, -0.15) is 0 Å². The van der Waals surface area contributed by atoms with Crippen LogP contribution in [0.1, 0.15) is 31.2 Å². The van der Waals surface area contributed by atoms with Crippen LogP contribution >= 0.6 is 0 Å². The molecule has 26 heavy (non-hydrogen) atoms. The Labute approximate surface area is 153 Å². The maximum Gasteiger partial charge on any atom is 0.414 e. The Morgan fingerprint density at radius 3 is 2.96 bits per heavy atom. The Bertz CT molecular complexity index is 867. The van der Waals surface area contributed by atoms with Crippen molar-refractivity contribution < 1.29 is 14.3 Å². The molecule has 2 bridgehead atoms. The van der Waals surface area contributed by atoms with Gasteiger partial charge in [-0.25, -0.2) is 4.79 Å². The van der Waals surface area contributed by atoms with Crippen molar-refractivity contribution in [3.05, 3.63) is 35.9 Å². The molecule has 1 aromatic rings. The van der Waals surface area contributed by atoms with E-state index in [1.54, 1.807) is 7.11 Å². The lowest BCUT2D eigenvalue weighted by Gasteiger charge is -2.44. The minimum atomic E-state index is -0.214. The number of carbonyl (C=O) groups is 1. The van der Waals surface area contributed by atoms with Gasteiger partial charge in [-0.05, 0) is 55.4 Å². The third-order valence-electron chi connectivity index (χ3n) is 8.14. The monoisotopic (exact) mass is 352 g/mol. The van der Waals surface area contributed by atoms with Gasteiger partial charge >= 0.3 is 6.09 Å². The molecule has 4 atom stereocenters. The summed E-state index contributed by atoms with van der Waals surface area (Å²) in [5, 5.41) is 0. The number of hydrogen-bond acceptors (Lipinski definition) is 4. The molecule has 5 heteroatoms. The van der Waals surface area contributed by atoms with Crippen LogP contribution < -0.4 is 9.64 Å². The highest BCUT2D eigenvalue weighted by Gasteiger charge is 2.87. The fourth-order valence-electron chi connectivity index (χ4n) is 7.26. The molecule has 1 amide bonds. The van der Waals surface area contributed by atoms with E-state index >= 15 is 0 Å².